The van der Waals surface area contributed by atoms with Crippen molar-refractivity contribution in [2.45, 2.75) is 13.8 Å². The lowest BCUT2D eigenvalue weighted by Crippen LogP contribution is -2.29. The summed E-state index contributed by atoms with van der Waals surface area (Å²) >= 11 is 0. The molecular formula is C10H14BNO4. The molecule has 0 unspecified atom stereocenters. The molecule has 0 saturated heterocycles. The van der Waals surface area contributed by atoms with Gasteiger partial charge >= 0.3 is 7.12 Å². The highest BCUT2D eigenvalue weighted by Gasteiger charge is 2.17. The van der Waals surface area contributed by atoms with Crippen molar-refractivity contribution >= 4 is 18.3 Å². The van der Waals surface area contributed by atoms with Gasteiger partial charge in [-0.15, -0.1) is 6.58 Å². The third-order valence-corrected chi connectivity index (χ3v) is 1.73. The number of nitro benzene ring substituents is 1. The van der Waals surface area contributed by atoms with Crippen LogP contribution in [0.4, 0.5) is 5.69 Å². The lowest BCUT2D eigenvalue weighted by atomic mass is 9.80. The van der Waals surface area contributed by atoms with Crippen LogP contribution in [0.3, 0.4) is 0 Å². The van der Waals surface area contributed by atoms with Crippen LogP contribution >= 0.6 is 0 Å². The number of benzene rings is 1. The molecule has 5 nitrogen and oxygen atoms in total. The Hall–Kier alpha value is -1.66. The zero-order chi connectivity index (χ0) is 12.7. The molecule has 0 amide bonds. The topological polar surface area (TPSA) is 83.6 Å². The summed E-state index contributed by atoms with van der Waals surface area (Å²) in [5, 5.41) is 27.9. The first-order valence-corrected chi connectivity index (χ1v) is 4.62. The van der Waals surface area contributed by atoms with E-state index in [1.165, 1.54) is 12.1 Å². The second-order valence-corrected chi connectivity index (χ2v) is 3.08. The smallest absolute Gasteiger partial charge is 0.423 e. The van der Waals surface area contributed by atoms with Crippen LogP contribution in [0.2, 0.25) is 0 Å². The quantitative estimate of drug-likeness (QED) is 0.335. The molecule has 0 aromatic heterocycles. The first-order valence-electron chi connectivity index (χ1n) is 4.62. The predicted octanol–water partition coefficient (Wildman–Crippen LogP) is 0.775. The van der Waals surface area contributed by atoms with Gasteiger partial charge in [0.05, 0.1) is 4.92 Å². The molecule has 0 atom stereocenters. The molecule has 6 heteroatoms. The first-order chi connectivity index (χ1) is 7.43. The summed E-state index contributed by atoms with van der Waals surface area (Å²) in [4.78, 5) is 9.88. The summed E-state index contributed by atoms with van der Waals surface area (Å²) in [5.74, 6) is 0. The van der Waals surface area contributed by atoms with Gasteiger partial charge in [-0.2, -0.15) is 0 Å². The van der Waals surface area contributed by atoms with E-state index in [1.807, 2.05) is 6.92 Å². The number of rotatable bonds is 2. The Labute approximate surface area is 94.3 Å². The van der Waals surface area contributed by atoms with Gasteiger partial charge in [0.15, 0.2) is 0 Å². The van der Waals surface area contributed by atoms with E-state index in [9.17, 15) is 10.1 Å². The molecule has 0 spiro atoms. The molecule has 0 aliphatic heterocycles. The fraction of sp³-hybridized carbons (Fsp3) is 0.200. The molecule has 0 aliphatic rings. The van der Waals surface area contributed by atoms with Gasteiger partial charge in [0.25, 0.3) is 5.69 Å². The van der Waals surface area contributed by atoms with Crippen molar-refractivity contribution in [2.24, 2.45) is 0 Å². The van der Waals surface area contributed by atoms with Crippen LogP contribution in [-0.4, -0.2) is 22.1 Å². The van der Waals surface area contributed by atoms with Gasteiger partial charge < -0.3 is 10.0 Å². The maximum atomic E-state index is 10.4. The van der Waals surface area contributed by atoms with Crippen LogP contribution in [0.25, 0.3) is 0 Å². The van der Waals surface area contributed by atoms with Crippen LogP contribution in [0, 0.1) is 17.0 Å². The third kappa shape index (κ3) is 4.25. The number of allylic oxidation sites excluding steroid dienone is 1. The molecule has 0 aliphatic carbocycles. The molecule has 2 N–H and O–H groups in total. The SMILES string of the molecule is C=CC.Cc1ccc(B(O)O)cc1[N+](=O)[O-]. The number of nitrogens with zero attached hydrogens (tertiary/aromatic N) is 1. The van der Waals surface area contributed by atoms with Crippen molar-refractivity contribution < 1.29 is 15.0 Å². The molecule has 0 saturated carbocycles. The van der Waals surface area contributed by atoms with Gasteiger partial charge in [-0.1, -0.05) is 18.2 Å². The zero-order valence-corrected chi connectivity index (χ0v) is 9.25. The van der Waals surface area contributed by atoms with Crippen LogP contribution in [0.1, 0.15) is 12.5 Å². The van der Waals surface area contributed by atoms with Gasteiger partial charge in [-0.05, 0) is 19.3 Å². The Kier molecular flexibility index (Phi) is 6.06. The van der Waals surface area contributed by atoms with Crippen molar-refractivity contribution in [1.29, 1.82) is 0 Å². The van der Waals surface area contributed by atoms with Crippen LogP contribution in [0.15, 0.2) is 30.9 Å². The van der Waals surface area contributed by atoms with Gasteiger partial charge in [-0.25, -0.2) is 0 Å². The van der Waals surface area contributed by atoms with Gasteiger partial charge in [0, 0.05) is 11.6 Å². The van der Waals surface area contributed by atoms with E-state index in [4.69, 9.17) is 10.0 Å². The van der Waals surface area contributed by atoms with E-state index < -0.39 is 12.0 Å². The lowest BCUT2D eigenvalue weighted by Gasteiger charge is -2.00. The molecular weight excluding hydrogens is 209 g/mol. The maximum absolute atomic E-state index is 10.4. The Morgan fingerprint density at radius 2 is 2.00 bits per heavy atom. The minimum Gasteiger partial charge on any atom is -0.423 e. The predicted molar refractivity (Wildman–Crippen MR) is 63.5 cm³/mol. The number of nitro groups is 1. The maximum Gasteiger partial charge on any atom is 0.488 e. The molecule has 1 aromatic rings. The van der Waals surface area contributed by atoms with E-state index in [2.05, 4.69) is 6.58 Å². The van der Waals surface area contributed by atoms with E-state index in [-0.39, 0.29) is 11.2 Å². The largest absolute Gasteiger partial charge is 0.488 e. The molecule has 1 rings (SSSR count). The summed E-state index contributed by atoms with van der Waals surface area (Å²) in [7, 11) is -1.67. The lowest BCUT2D eigenvalue weighted by molar-refractivity contribution is -0.385. The average molecular weight is 223 g/mol. The highest BCUT2D eigenvalue weighted by Crippen LogP contribution is 2.14. The van der Waals surface area contributed by atoms with E-state index in [0.29, 0.717) is 5.56 Å². The second-order valence-electron chi connectivity index (χ2n) is 3.08. The Morgan fingerprint density at radius 3 is 2.38 bits per heavy atom. The number of aryl methyl sites for hydroxylation is 1. The minimum absolute atomic E-state index is 0.106. The normalized spacial score (nSPS) is 8.75. The van der Waals surface area contributed by atoms with Crippen molar-refractivity contribution in [3.63, 3.8) is 0 Å². The van der Waals surface area contributed by atoms with Crippen LogP contribution in [0.5, 0.6) is 0 Å². The molecule has 16 heavy (non-hydrogen) atoms. The van der Waals surface area contributed by atoms with Crippen molar-refractivity contribution in [3.05, 3.63) is 46.5 Å². The summed E-state index contributed by atoms with van der Waals surface area (Å²) < 4.78 is 0. The molecule has 0 bridgehead atoms. The number of hydrogen-bond donors (Lipinski definition) is 2. The van der Waals surface area contributed by atoms with Crippen molar-refractivity contribution in [2.75, 3.05) is 0 Å². The summed E-state index contributed by atoms with van der Waals surface area (Å²) in [6.45, 7) is 6.84. The highest BCUT2D eigenvalue weighted by molar-refractivity contribution is 6.58. The fourth-order valence-electron chi connectivity index (χ4n) is 0.984. The fourth-order valence-corrected chi connectivity index (χ4v) is 0.984. The van der Waals surface area contributed by atoms with Crippen LogP contribution < -0.4 is 5.46 Å². The van der Waals surface area contributed by atoms with Crippen molar-refractivity contribution in [1.82, 2.24) is 0 Å². The third-order valence-electron chi connectivity index (χ3n) is 1.73. The van der Waals surface area contributed by atoms with Crippen molar-refractivity contribution in [3.8, 4) is 0 Å². The highest BCUT2D eigenvalue weighted by atomic mass is 16.6. The summed E-state index contributed by atoms with van der Waals surface area (Å²) in [6, 6.07) is 4.07. The minimum atomic E-state index is -1.67. The Morgan fingerprint density at radius 1 is 1.50 bits per heavy atom. The van der Waals surface area contributed by atoms with Gasteiger partial charge in [-0.3, -0.25) is 10.1 Å². The molecule has 0 radical (unpaired) electrons. The van der Waals surface area contributed by atoms with E-state index in [1.54, 1.807) is 13.0 Å². The second kappa shape index (κ2) is 6.76. The standard InChI is InChI=1S/C7H8BNO4.C3H6/c1-5-2-3-6(8(10)11)4-7(5)9(12)13;1-3-2/h2-4,10-11H,1H3;3H,1H2,2H3. The van der Waals surface area contributed by atoms with E-state index in [0.717, 1.165) is 6.07 Å². The summed E-state index contributed by atoms with van der Waals surface area (Å²) in [6.07, 6.45) is 1.75. The first kappa shape index (κ1) is 14.3. The zero-order valence-electron chi connectivity index (χ0n) is 9.25. The number of hydrogen-bond acceptors (Lipinski definition) is 4. The monoisotopic (exact) mass is 223 g/mol. The molecule has 0 fully saturated rings. The Balaban J connectivity index is 0.000000673. The average Bonchev–Trinajstić information content (AvgIpc) is 2.18. The molecule has 86 valence electrons. The van der Waals surface area contributed by atoms with Gasteiger partial charge in [0.1, 0.15) is 0 Å². The summed E-state index contributed by atoms with van der Waals surface area (Å²) in [5.41, 5.74) is 0.511. The van der Waals surface area contributed by atoms with Crippen LogP contribution in [-0.2, 0) is 0 Å². The molecule has 0 heterocycles. The Bertz CT molecular complexity index is 379. The molecule has 1 aromatic carbocycles. The van der Waals surface area contributed by atoms with E-state index >= 15 is 0 Å². The van der Waals surface area contributed by atoms with Gasteiger partial charge in [0.2, 0.25) is 0 Å².